The maximum atomic E-state index is 13.3. The van der Waals surface area contributed by atoms with Crippen LogP contribution in [0.25, 0.3) is 0 Å². The van der Waals surface area contributed by atoms with E-state index in [0.717, 1.165) is 0 Å². The monoisotopic (exact) mass is 298 g/mol. The molecule has 0 radical (unpaired) electrons. The van der Waals surface area contributed by atoms with Crippen molar-refractivity contribution in [1.29, 1.82) is 0 Å². The summed E-state index contributed by atoms with van der Waals surface area (Å²) in [6, 6.07) is 7.34. The highest BCUT2D eigenvalue weighted by Crippen LogP contribution is 2.15. The lowest BCUT2D eigenvalue weighted by Gasteiger charge is -2.07. The topological polar surface area (TPSA) is 24.9 Å². The minimum absolute atomic E-state index is 0.0235. The number of rotatable bonds is 3. The summed E-state index contributed by atoms with van der Waals surface area (Å²) < 4.78 is 27.3. The fourth-order valence-corrected chi connectivity index (χ4v) is 1.61. The third-order valence-electron chi connectivity index (χ3n) is 2.26. The van der Waals surface area contributed by atoms with Crippen molar-refractivity contribution in [2.24, 2.45) is 0 Å². The Labute approximate surface area is 106 Å². The Kier molecular flexibility index (Phi) is 3.68. The molecule has 0 saturated heterocycles. The normalized spacial score (nSPS) is 10.3. The van der Waals surface area contributed by atoms with Crippen molar-refractivity contribution >= 4 is 21.6 Å². The largest absolute Gasteiger partial charge is 0.379 e. The molecule has 0 aliphatic carbocycles. The molecule has 5 heteroatoms. The molecule has 0 aliphatic heterocycles. The molecule has 0 unspecified atom stereocenters. The second-order valence-corrected chi connectivity index (χ2v) is 4.24. The van der Waals surface area contributed by atoms with Crippen molar-refractivity contribution < 1.29 is 8.78 Å². The molecule has 1 heterocycles. The van der Waals surface area contributed by atoms with Crippen LogP contribution in [-0.2, 0) is 6.54 Å². The number of anilines is 1. The van der Waals surface area contributed by atoms with Crippen LogP contribution in [0.1, 0.15) is 5.56 Å². The zero-order chi connectivity index (χ0) is 12.3. The zero-order valence-electron chi connectivity index (χ0n) is 8.75. The molecule has 17 heavy (non-hydrogen) atoms. The van der Waals surface area contributed by atoms with E-state index in [-0.39, 0.29) is 12.1 Å². The molecule has 0 atom stereocenters. The molecule has 2 nitrogen and oxygen atoms in total. The van der Waals surface area contributed by atoms with Gasteiger partial charge in [0.2, 0.25) is 0 Å². The highest BCUT2D eigenvalue weighted by Gasteiger charge is 2.07. The summed E-state index contributed by atoms with van der Waals surface area (Å²) in [6.45, 7) is 0.0851. The molecule has 0 spiro atoms. The highest BCUT2D eigenvalue weighted by atomic mass is 79.9. The Hall–Kier alpha value is -1.49. The van der Waals surface area contributed by atoms with Gasteiger partial charge in [-0.2, -0.15) is 0 Å². The van der Waals surface area contributed by atoms with Crippen LogP contribution in [0.3, 0.4) is 0 Å². The molecule has 1 aromatic carbocycles. The summed E-state index contributed by atoms with van der Waals surface area (Å²) >= 11 is 3.21. The molecule has 0 fully saturated rings. The average molecular weight is 299 g/mol. The van der Waals surface area contributed by atoms with Crippen LogP contribution in [0.2, 0.25) is 0 Å². The average Bonchev–Trinajstić information content (AvgIpc) is 2.31. The molecule has 1 N–H and O–H groups in total. The SMILES string of the molecule is Fc1cccc(F)c1CNc1ccc(Br)nc1. The van der Waals surface area contributed by atoms with Crippen molar-refractivity contribution in [2.45, 2.75) is 6.54 Å². The van der Waals surface area contributed by atoms with Crippen LogP contribution in [0.5, 0.6) is 0 Å². The molecule has 2 rings (SSSR count). The first kappa shape index (κ1) is 12.0. The van der Waals surface area contributed by atoms with E-state index in [9.17, 15) is 8.78 Å². The zero-order valence-corrected chi connectivity index (χ0v) is 10.3. The highest BCUT2D eigenvalue weighted by molar-refractivity contribution is 9.10. The maximum Gasteiger partial charge on any atom is 0.131 e. The lowest BCUT2D eigenvalue weighted by Crippen LogP contribution is -2.04. The van der Waals surface area contributed by atoms with Gasteiger partial charge >= 0.3 is 0 Å². The Balaban J connectivity index is 2.10. The third kappa shape index (κ3) is 3.00. The summed E-state index contributed by atoms with van der Waals surface area (Å²) in [6.07, 6.45) is 1.59. The third-order valence-corrected chi connectivity index (χ3v) is 2.73. The standard InChI is InChI=1S/C12H9BrF2N2/c13-12-5-4-8(6-17-12)16-7-9-10(14)2-1-3-11(9)15/h1-6,16H,7H2. The van der Waals surface area contributed by atoms with Gasteiger partial charge in [0, 0.05) is 12.1 Å². The van der Waals surface area contributed by atoms with E-state index in [1.165, 1.54) is 18.2 Å². The predicted octanol–water partition coefficient (Wildman–Crippen LogP) is 3.73. The van der Waals surface area contributed by atoms with Crippen molar-refractivity contribution in [2.75, 3.05) is 5.32 Å². The Morgan fingerprint density at radius 1 is 1.12 bits per heavy atom. The maximum absolute atomic E-state index is 13.3. The van der Waals surface area contributed by atoms with E-state index < -0.39 is 11.6 Å². The molecule has 2 aromatic rings. The molecule has 0 bridgehead atoms. The van der Waals surface area contributed by atoms with Crippen molar-refractivity contribution in [3.05, 3.63) is 58.3 Å². The predicted molar refractivity (Wildman–Crippen MR) is 65.6 cm³/mol. The number of nitrogens with zero attached hydrogens (tertiary/aromatic N) is 1. The first-order valence-electron chi connectivity index (χ1n) is 4.95. The second kappa shape index (κ2) is 5.23. The first-order chi connectivity index (χ1) is 8.16. The quantitative estimate of drug-likeness (QED) is 0.873. The van der Waals surface area contributed by atoms with Gasteiger partial charge in [-0.25, -0.2) is 13.8 Å². The van der Waals surface area contributed by atoms with E-state index in [4.69, 9.17) is 0 Å². The summed E-state index contributed by atoms with van der Waals surface area (Å²) in [5.41, 5.74) is 0.728. The number of benzene rings is 1. The summed E-state index contributed by atoms with van der Waals surface area (Å²) in [5, 5.41) is 2.91. The van der Waals surface area contributed by atoms with Gasteiger partial charge in [-0.1, -0.05) is 6.07 Å². The van der Waals surface area contributed by atoms with Gasteiger partial charge in [-0.3, -0.25) is 0 Å². The molecule has 0 saturated carbocycles. The van der Waals surface area contributed by atoms with Gasteiger partial charge in [0.15, 0.2) is 0 Å². The summed E-state index contributed by atoms with van der Waals surface area (Å²) in [7, 11) is 0. The molecule has 0 amide bonds. The van der Waals surface area contributed by atoms with Crippen molar-refractivity contribution in [3.8, 4) is 0 Å². The number of halogens is 3. The molecular weight excluding hydrogens is 290 g/mol. The van der Waals surface area contributed by atoms with Crippen molar-refractivity contribution in [3.63, 3.8) is 0 Å². The fraction of sp³-hybridized carbons (Fsp3) is 0.0833. The summed E-state index contributed by atoms with van der Waals surface area (Å²) in [4.78, 5) is 4.00. The number of aromatic nitrogens is 1. The minimum atomic E-state index is -0.553. The number of pyridine rings is 1. The number of hydrogen-bond donors (Lipinski definition) is 1. The van der Waals surface area contributed by atoms with E-state index in [1.54, 1.807) is 18.3 Å². The van der Waals surface area contributed by atoms with Crippen LogP contribution in [0.15, 0.2) is 41.1 Å². The molecule has 88 valence electrons. The number of hydrogen-bond acceptors (Lipinski definition) is 2. The molecule has 0 aliphatic rings. The molecule has 1 aromatic heterocycles. The van der Waals surface area contributed by atoms with E-state index in [2.05, 4.69) is 26.2 Å². The van der Waals surface area contributed by atoms with Gasteiger partial charge in [0.1, 0.15) is 16.2 Å². The van der Waals surface area contributed by atoms with Crippen LogP contribution < -0.4 is 5.32 Å². The molecular formula is C12H9BrF2N2. The van der Waals surface area contributed by atoms with Gasteiger partial charge in [-0.05, 0) is 40.2 Å². The van der Waals surface area contributed by atoms with Crippen LogP contribution in [-0.4, -0.2) is 4.98 Å². The van der Waals surface area contributed by atoms with Gasteiger partial charge < -0.3 is 5.32 Å². The smallest absolute Gasteiger partial charge is 0.131 e. The Morgan fingerprint density at radius 2 is 1.82 bits per heavy atom. The summed E-state index contributed by atoms with van der Waals surface area (Å²) in [5.74, 6) is -1.11. The van der Waals surface area contributed by atoms with Gasteiger partial charge in [0.25, 0.3) is 0 Å². The van der Waals surface area contributed by atoms with Gasteiger partial charge in [0.05, 0.1) is 11.9 Å². The first-order valence-corrected chi connectivity index (χ1v) is 5.74. The minimum Gasteiger partial charge on any atom is -0.379 e. The Bertz CT molecular complexity index is 494. The van der Waals surface area contributed by atoms with E-state index in [0.29, 0.717) is 10.3 Å². The Morgan fingerprint density at radius 3 is 2.41 bits per heavy atom. The van der Waals surface area contributed by atoms with Crippen LogP contribution in [0, 0.1) is 11.6 Å². The fourth-order valence-electron chi connectivity index (χ4n) is 1.37. The number of nitrogens with one attached hydrogen (secondary N) is 1. The van der Waals surface area contributed by atoms with Crippen molar-refractivity contribution in [1.82, 2.24) is 4.98 Å². The lowest BCUT2D eigenvalue weighted by atomic mass is 10.2. The lowest BCUT2D eigenvalue weighted by molar-refractivity contribution is 0.560. The second-order valence-electron chi connectivity index (χ2n) is 3.42. The van der Waals surface area contributed by atoms with Crippen LogP contribution in [0.4, 0.5) is 14.5 Å². The van der Waals surface area contributed by atoms with E-state index in [1.807, 2.05) is 0 Å². The van der Waals surface area contributed by atoms with Crippen LogP contribution >= 0.6 is 15.9 Å². The van der Waals surface area contributed by atoms with Gasteiger partial charge in [-0.15, -0.1) is 0 Å². The van der Waals surface area contributed by atoms with E-state index >= 15 is 0 Å².